The summed E-state index contributed by atoms with van der Waals surface area (Å²) in [6.07, 6.45) is 0. The topological polar surface area (TPSA) is 29.5 Å². The molecular weight excluding hydrogens is 164 g/mol. The minimum atomic E-state index is 0.0642. The Bertz CT molecular complexity index is 279. The van der Waals surface area contributed by atoms with E-state index in [0.29, 0.717) is 5.92 Å². The minimum Gasteiger partial charge on any atom is -0.496 e. The third-order valence-electron chi connectivity index (χ3n) is 2.10. The highest BCUT2D eigenvalue weighted by Gasteiger charge is 2.07. The molecule has 0 saturated heterocycles. The van der Waals surface area contributed by atoms with Gasteiger partial charge in [-0.15, -0.1) is 0 Å². The fourth-order valence-corrected chi connectivity index (χ4v) is 1.33. The first-order valence-corrected chi connectivity index (χ1v) is 4.46. The molecule has 2 nitrogen and oxygen atoms in total. The SMILES string of the molecule is COc1cc(CO)ccc1C(C)C. The highest BCUT2D eigenvalue weighted by molar-refractivity contribution is 5.39. The number of hydrogen-bond donors (Lipinski definition) is 1. The minimum absolute atomic E-state index is 0.0642. The maximum absolute atomic E-state index is 8.93. The van der Waals surface area contributed by atoms with Gasteiger partial charge in [0.2, 0.25) is 0 Å². The van der Waals surface area contributed by atoms with Crippen molar-refractivity contribution in [3.05, 3.63) is 29.3 Å². The first kappa shape index (κ1) is 10.1. The Kier molecular flexibility index (Phi) is 3.32. The van der Waals surface area contributed by atoms with Crippen molar-refractivity contribution in [3.8, 4) is 5.75 Å². The number of methoxy groups -OCH3 is 1. The van der Waals surface area contributed by atoms with Crippen LogP contribution in [-0.4, -0.2) is 12.2 Å². The van der Waals surface area contributed by atoms with Crippen molar-refractivity contribution < 1.29 is 9.84 Å². The van der Waals surface area contributed by atoms with Crippen molar-refractivity contribution in [3.63, 3.8) is 0 Å². The van der Waals surface area contributed by atoms with E-state index in [1.807, 2.05) is 18.2 Å². The zero-order valence-corrected chi connectivity index (χ0v) is 8.37. The average Bonchev–Trinajstić information content (AvgIpc) is 2.16. The molecule has 0 heterocycles. The van der Waals surface area contributed by atoms with Crippen molar-refractivity contribution in [2.24, 2.45) is 0 Å². The average molecular weight is 180 g/mol. The molecule has 1 aromatic rings. The Hall–Kier alpha value is -1.02. The van der Waals surface area contributed by atoms with E-state index >= 15 is 0 Å². The first-order chi connectivity index (χ1) is 6.19. The van der Waals surface area contributed by atoms with E-state index in [1.165, 1.54) is 5.56 Å². The number of aliphatic hydroxyl groups is 1. The van der Waals surface area contributed by atoms with Crippen LogP contribution < -0.4 is 4.74 Å². The van der Waals surface area contributed by atoms with Crippen LogP contribution in [0.15, 0.2) is 18.2 Å². The van der Waals surface area contributed by atoms with Crippen LogP contribution in [0, 0.1) is 0 Å². The highest BCUT2D eigenvalue weighted by Crippen LogP contribution is 2.27. The molecule has 0 aliphatic carbocycles. The fourth-order valence-electron chi connectivity index (χ4n) is 1.33. The second kappa shape index (κ2) is 4.28. The van der Waals surface area contributed by atoms with Gasteiger partial charge in [-0.05, 0) is 23.1 Å². The van der Waals surface area contributed by atoms with Crippen molar-refractivity contribution >= 4 is 0 Å². The van der Waals surface area contributed by atoms with E-state index in [0.717, 1.165) is 11.3 Å². The van der Waals surface area contributed by atoms with Gasteiger partial charge in [-0.1, -0.05) is 26.0 Å². The van der Waals surface area contributed by atoms with Gasteiger partial charge in [-0.25, -0.2) is 0 Å². The number of benzene rings is 1. The van der Waals surface area contributed by atoms with Gasteiger partial charge in [0.15, 0.2) is 0 Å². The van der Waals surface area contributed by atoms with E-state index in [4.69, 9.17) is 9.84 Å². The van der Waals surface area contributed by atoms with E-state index in [-0.39, 0.29) is 6.61 Å². The van der Waals surface area contributed by atoms with Gasteiger partial charge in [0.05, 0.1) is 13.7 Å². The third kappa shape index (κ3) is 2.22. The fraction of sp³-hybridized carbons (Fsp3) is 0.455. The summed E-state index contributed by atoms with van der Waals surface area (Å²) in [5.41, 5.74) is 2.07. The zero-order valence-electron chi connectivity index (χ0n) is 8.37. The molecular formula is C11H16O2. The van der Waals surface area contributed by atoms with Gasteiger partial charge in [-0.3, -0.25) is 0 Å². The summed E-state index contributed by atoms with van der Waals surface area (Å²) < 4.78 is 5.24. The second-order valence-electron chi connectivity index (χ2n) is 3.39. The van der Waals surface area contributed by atoms with Crippen LogP contribution in [-0.2, 0) is 6.61 Å². The first-order valence-electron chi connectivity index (χ1n) is 4.46. The predicted octanol–water partition coefficient (Wildman–Crippen LogP) is 2.31. The largest absolute Gasteiger partial charge is 0.496 e. The molecule has 1 aromatic carbocycles. The molecule has 0 aromatic heterocycles. The maximum Gasteiger partial charge on any atom is 0.122 e. The quantitative estimate of drug-likeness (QED) is 0.773. The number of ether oxygens (including phenoxy) is 1. The molecule has 0 fully saturated rings. The standard InChI is InChI=1S/C11H16O2/c1-8(2)10-5-4-9(7-12)6-11(10)13-3/h4-6,8,12H,7H2,1-3H3. The summed E-state index contributed by atoms with van der Waals surface area (Å²) >= 11 is 0. The number of hydrogen-bond acceptors (Lipinski definition) is 2. The summed E-state index contributed by atoms with van der Waals surface area (Å²) in [6.45, 7) is 4.31. The molecule has 0 spiro atoms. The Morgan fingerprint density at radius 1 is 1.38 bits per heavy atom. The van der Waals surface area contributed by atoms with Gasteiger partial charge in [0.25, 0.3) is 0 Å². The molecule has 0 radical (unpaired) electrons. The van der Waals surface area contributed by atoms with Gasteiger partial charge in [0.1, 0.15) is 5.75 Å². The predicted molar refractivity (Wildman–Crippen MR) is 53.0 cm³/mol. The highest BCUT2D eigenvalue weighted by atomic mass is 16.5. The lowest BCUT2D eigenvalue weighted by atomic mass is 10.0. The summed E-state index contributed by atoms with van der Waals surface area (Å²) in [7, 11) is 1.66. The lowest BCUT2D eigenvalue weighted by molar-refractivity contribution is 0.281. The van der Waals surface area contributed by atoms with E-state index in [9.17, 15) is 0 Å². The third-order valence-corrected chi connectivity index (χ3v) is 2.10. The van der Waals surface area contributed by atoms with Crippen LogP contribution >= 0.6 is 0 Å². The smallest absolute Gasteiger partial charge is 0.122 e. The molecule has 0 saturated carbocycles. The van der Waals surface area contributed by atoms with Crippen LogP contribution in [0.1, 0.15) is 30.9 Å². The number of aliphatic hydroxyl groups excluding tert-OH is 1. The monoisotopic (exact) mass is 180 g/mol. The number of rotatable bonds is 3. The summed E-state index contributed by atoms with van der Waals surface area (Å²) in [6, 6.07) is 5.82. The molecule has 0 atom stereocenters. The van der Waals surface area contributed by atoms with Gasteiger partial charge >= 0.3 is 0 Å². The van der Waals surface area contributed by atoms with Crippen LogP contribution in [0.4, 0.5) is 0 Å². The Morgan fingerprint density at radius 3 is 2.54 bits per heavy atom. The van der Waals surface area contributed by atoms with Crippen molar-refractivity contribution in [1.29, 1.82) is 0 Å². The second-order valence-corrected chi connectivity index (χ2v) is 3.39. The molecule has 0 unspecified atom stereocenters. The lowest BCUT2D eigenvalue weighted by Crippen LogP contribution is -1.95. The van der Waals surface area contributed by atoms with Gasteiger partial charge in [-0.2, -0.15) is 0 Å². The van der Waals surface area contributed by atoms with Crippen molar-refractivity contribution in [1.82, 2.24) is 0 Å². The lowest BCUT2D eigenvalue weighted by Gasteiger charge is -2.12. The molecule has 1 rings (SSSR count). The maximum atomic E-state index is 8.93. The molecule has 13 heavy (non-hydrogen) atoms. The van der Waals surface area contributed by atoms with E-state index in [2.05, 4.69) is 13.8 Å². The van der Waals surface area contributed by atoms with Crippen LogP contribution in [0.2, 0.25) is 0 Å². The molecule has 0 aliphatic rings. The van der Waals surface area contributed by atoms with E-state index in [1.54, 1.807) is 7.11 Å². The van der Waals surface area contributed by atoms with Crippen molar-refractivity contribution in [2.45, 2.75) is 26.4 Å². The van der Waals surface area contributed by atoms with Crippen LogP contribution in [0.5, 0.6) is 5.75 Å². The molecule has 1 N–H and O–H groups in total. The molecule has 0 bridgehead atoms. The Morgan fingerprint density at radius 2 is 2.08 bits per heavy atom. The molecule has 0 amide bonds. The van der Waals surface area contributed by atoms with Crippen molar-refractivity contribution in [2.75, 3.05) is 7.11 Å². The van der Waals surface area contributed by atoms with Crippen LogP contribution in [0.25, 0.3) is 0 Å². The zero-order chi connectivity index (χ0) is 9.84. The summed E-state index contributed by atoms with van der Waals surface area (Å²) in [5, 5.41) is 8.93. The van der Waals surface area contributed by atoms with Gasteiger partial charge in [0, 0.05) is 0 Å². The van der Waals surface area contributed by atoms with E-state index < -0.39 is 0 Å². The molecule has 72 valence electrons. The molecule has 0 aliphatic heterocycles. The van der Waals surface area contributed by atoms with Crippen LogP contribution in [0.3, 0.4) is 0 Å². The molecule has 2 heteroatoms. The Balaban J connectivity index is 3.08. The van der Waals surface area contributed by atoms with Gasteiger partial charge < -0.3 is 9.84 Å². The Labute approximate surface area is 79.2 Å². The summed E-state index contributed by atoms with van der Waals surface area (Å²) in [4.78, 5) is 0. The summed E-state index contributed by atoms with van der Waals surface area (Å²) in [5.74, 6) is 1.31. The normalized spacial score (nSPS) is 10.5.